The molecule has 2 fully saturated rings. The maximum atomic E-state index is 12.2. The van der Waals surface area contributed by atoms with Crippen molar-refractivity contribution in [2.24, 2.45) is 0 Å². The summed E-state index contributed by atoms with van der Waals surface area (Å²) in [5.41, 5.74) is 0. The lowest BCUT2D eigenvalue weighted by atomic mass is 10.2. The molecule has 0 amide bonds. The van der Waals surface area contributed by atoms with Gasteiger partial charge < -0.3 is 4.74 Å². The molecule has 2 rings (SSSR count). The molecule has 0 radical (unpaired) electrons. The van der Waals surface area contributed by atoms with Gasteiger partial charge in [-0.2, -0.15) is 4.31 Å². The number of rotatable bonds is 5. The maximum Gasteiger partial charge on any atom is 0.321 e. The van der Waals surface area contributed by atoms with Crippen molar-refractivity contribution in [3.8, 4) is 0 Å². The van der Waals surface area contributed by atoms with Gasteiger partial charge in [0.25, 0.3) is 0 Å². The van der Waals surface area contributed by atoms with Crippen LogP contribution >= 0.6 is 0 Å². The summed E-state index contributed by atoms with van der Waals surface area (Å²) in [7, 11) is -1.99. The minimum Gasteiger partial charge on any atom is -0.468 e. The molecule has 0 heterocycles. The first kappa shape index (κ1) is 12.8. The van der Waals surface area contributed by atoms with Gasteiger partial charge in [0.05, 0.1) is 12.4 Å². The van der Waals surface area contributed by atoms with E-state index in [1.807, 2.05) is 0 Å². The SMILES string of the molecule is COC(=O)CN(C1CCCC1)S(=O)(=O)C1CC1. The molecule has 0 aromatic rings. The van der Waals surface area contributed by atoms with Crippen molar-refractivity contribution in [1.29, 1.82) is 0 Å². The van der Waals surface area contributed by atoms with E-state index < -0.39 is 16.0 Å². The third kappa shape index (κ3) is 2.80. The van der Waals surface area contributed by atoms with Gasteiger partial charge in [0.2, 0.25) is 10.0 Å². The maximum absolute atomic E-state index is 12.2. The van der Waals surface area contributed by atoms with E-state index in [9.17, 15) is 13.2 Å². The van der Waals surface area contributed by atoms with Gasteiger partial charge in [-0.25, -0.2) is 8.42 Å². The highest BCUT2D eigenvalue weighted by molar-refractivity contribution is 7.90. The number of carbonyl (C=O) groups is 1. The van der Waals surface area contributed by atoms with Gasteiger partial charge in [-0.3, -0.25) is 4.79 Å². The molecule has 5 nitrogen and oxygen atoms in total. The summed E-state index contributed by atoms with van der Waals surface area (Å²) in [6.45, 7) is -0.125. The van der Waals surface area contributed by atoms with Crippen LogP contribution in [0.3, 0.4) is 0 Å². The Balaban J connectivity index is 2.13. The minimum atomic E-state index is -3.28. The van der Waals surface area contributed by atoms with Gasteiger partial charge in [0.15, 0.2) is 0 Å². The van der Waals surface area contributed by atoms with Crippen LogP contribution in [0.4, 0.5) is 0 Å². The average Bonchev–Trinajstić information content (AvgIpc) is 3.04. The first-order chi connectivity index (χ1) is 8.05. The molecule has 0 bridgehead atoms. The normalized spacial score (nSPS) is 22.0. The summed E-state index contributed by atoms with van der Waals surface area (Å²) in [4.78, 5) is 11.3. The van der Waals surface area contributed by atoms with Crippen molar-refractivity contribution in [2.45, 2.75) is 49.8 Å². The smallest absolute Gasteiger partial charge is 0.321 e. The van der Waals surface area contributed by atoms with Crippen LogP contribution in [0.5, 0.6) is 0 Å². The third-order valence-corrected chi connectivity index (χ3v) is 5.91. The summed E-state index contributed by atoms with van der Waals surface area (Å²) < 4.78 is 30.5. The Hall–Kier alpha value is -0.620. The first-order valence-corrected chi connectivity index (χ1v) is 7.63. The van der Waals surface area contributed by atoms with Crippen LogP contribution in [0, 0.1) is 0 Å². The fourth-order valence-corrected chi connectivity index (χ4v) is 4.39. The molecule has 0 N–H and O–H groups in total. The van der Waals surface area contributed by atoms with Crippen molar-refractivity contribution in [3.05, 3.63) is 0 Å². The predicted octanol–water partition coefficient (Wildman–Crippen LogP) is 0.896. The molecule has 2 aliphatic carbocycles. The van der Waals surface area contributed by atoms with Gasteiger partial charge in [-0.1, -0.05) is 12.8 Å². The zero-order valence-corrected chi connectivity index (χ0v) is 10.9. The Kier molecular flexibility index (Phi) is 3.73. The van der Waals surface area contributed by atoms with Crippen LogP contribution in [0.1, 0.15) is 38.5 Å². The summed E-state index contributed by atoms with van der Waals surface area (Å²) in [5, 5.41) is -0.257. The number of sulfonamides is 1. The van der Waals surface area contributed by atoms with Crippen LogP contribution in [0.25, 0.3) is 0 Å². The summed E-state index contributed by atoms with van der Waals surface area (Å²) >= 11 is 0. The van der Waals surface area contributed by atoms with Gasteiger partial charge in [0.1, 0.15) is 6.54 Å². The second kappa shape index (κ2) is 4.94. The molecule has 17 heavy (non-hydrogen) atoms. The van der Waals surface area contributed by atoms with E-state index in [0.29, 0.717) is 0 Å². The van der Waals surface area contributed by atoms with E-state index in [1.165, 1.54) is 11.4 Å². The largest absolute Gasteiger partial charge is 0.468 e. The fraction of sp³-hybridized carbons (Fsp3) is 0.909. The highest BCUT2D eigenvalue weighted by atomic mass is 32.2. The summed E-state index contributed by atoms with van der Waals surface area (Å²) in [6, 6.07) is -0.000278. The molecule has 0 unspecified atom stereocenters. The molecule has 6 heteroatoms. The molecule has 2 saturated carbocycles. The van der Waals surface area contributed by atoms with Crippen molar-refractivity contribution >= 4 is 16.0 Å². The lowest BCUT2D eigenvalue weighted by Crippen LogP contribution is -2.44. The van der Waals surface area contributed by atoms with Gasteiger partial charge in [-0.05, 0) is 25.7 Å². The Bertz CT molecular complexity index is 382. The topological polar surface area (TPSA) is 63.7 Å². The number of methoxy groups -OCH3 is 1. The lowest BCUT2D eigenvalue weighted by Gasteiger charge is -2.26. The van der Waals surface area contributed by atoms with E-state index in [-0.39, 0.29) is 17.8 Å². The van der Waals surface area contributed by atoms with Gasteiger partial charge >= 0.3 is 5.97 Å². The summed E-state index contributed by atoms with van der Waals surface area (Å²) in [6.07, 6.45) is 5.27. The zero-order chi connectivity index (χ0) is 12.5. The molecule has 0 aromatic heterocycles. The van der Waals surface area contributed by atoms with E-state index >= 15 is 0 Å². The zero-order valence-electron chi connectivity index (χ0n) is 10.1. The van der Waals surface area contributed by atoms with E-state index in [2.05, 4.69) is 4.74 Å². The number of carbonyl (C=O) groups excluding carboxylic acids is 1. The molecule has 2 aliphatic rings. The molecule has 0 spiro atoms. The Morgan fingerprint density at radius 2 is 1.82 bits per heavy atom. The molecular weight excluding hydrogens is 242 g/mol. The van der Waals surface area contributed by atoms with Crippen LogP contribution in [-0.2, 0) is 19.6 Å². The van der Waals surface area contributed by atoms with E-state index in [4.69, 9.17) is 0 Å². The van der Waals surface area contributed by atoms with Gasteiger partial charge in [0, 0.05) is 6.04 Å². The van der Waals surface area contributed by atoms with Gasteiger partial charge in [-0.15, -0.1) is 0 Å². The first-order valence-electron chi connectivity index (χ1n) is 6.13. The third-order valence-electron chi connectivity index (χ3n) is 3.52. The van der Waals surface area contributed by atoms with Crippen LogP contribution < -0.4 is 0 Å². The summed E-state index contributed by atoms with van der Waals surface area (Å²) in [5.74, 6) is -0.471. The second-order valence-corrected chi connectivity index (χ2v) is 6.97. The molecule has 0 saturated heterocycles. The fourth-order valence-electron chi connectivity index (χ4n) is 2.37. The highest BCUT2D eigenvalue weighted by Gasteiger charge is 2.44. The average molecular weight is 261 g/mol. The van der Waals surface area contributed by atoms with Crippen molar-refractivity contribution in [2.75, 3.05) is 13.7 Å². The molecule has 98 valence electrons. The van der Waals surface area contributed by atoms with E-state index in [0.717, 1.165) is 38.5 Å². The van der Waals surface area contributed by atoms with Crippen LogP contribution in [0.15, 0.2) is 0 Å². The Morgan fingerprint density at radius 1 is 1.24 bits per heavy atom. The standard InChI is InChI=1S/C11H19NO4S/c1-16-11(13)8-12(9-4-2-3-5-9)17(14,15)10-6-7-10/h9-10H,2-8H2,1H3. The Morgan fingerprint density at radius 3 is 2.29 bits per heavy atom. The van der Waals surface area contributed by atoms with Crippen molar-refractivity contribution in [1.82, 2.24) is 4.31 Å². The monoisotopic (exact) mass is 261 g/mol. The molecule has 0 aromatic carbocycles. The highest BCUT2D eigenvalue weighted by Crippen LogP contribution is 2.35. The predicted molar refractivity (Wildman–Crippen MR) is 62.9 cm³/mol. The number of hydrogen-bond acceptors (Lipinski definition) is 4. The van der Waals surface area contributed by atoms with Crippen LogP contribution in [-0.4, -0.2) is 43.6 Å². The number of nitrogens with zero attached hydrogens (tertiary/aromatic N) is 1. The van der Waals surface area contributed by atoms with E-state index in [1.54, 1.807) is 0 Å². The number of hydrogen-bond donors (Lipinski definition) is 0. The van der Waals surface area contributed by atoms with Crippen LogP contribution in [0.2, 0.25) is 0 Å². The molecule has 0 atom stereocenters. The second-order valence-electron chi connectivity index (χ2n) is 4.80. The van der Waals surface area contributed by atoms with Crippen molar-refractivity contribution < 1.29 is 17.9 Å². The Labute approximate surface area is 102 Å². The van der Waals surface area contributed by atoms with Crippen molar-refractivity contribution in [3.63, 3.8) is 0 Å². The molecule has 0 aliphatic heterocycles. The minimum absolute atomic E-state index is 0.000278. The molecular formula is C11H19NO4S. The number of esters is 1. The quantitative estimate of drug-likeness (QED) is 0.690. The lowest BCUT2D eigenvalue weighted by molar-refractivity contribution is -0.141. The number of ether oxygens (including phenoxy) is 1.